The number of anilines is 2. The van der Waals surface area contributed by atoms with Gasteiger partial charge in [-0.15, -0.1) is 0 Å². The Kier molecular flexibility index (Phi) is 5.90. The van der Waals surface area contributed by atoms with E-state index < -0.39 is 23.7 Å². The Bertz CT molecular complexity index is 1270. The van der Waals surface area contributed by atoms with Gasteiger partial charge in [0.1, 0.15) is 11.3 Å². The Morgan fingerprint density at radius 2 is 1.82 bits per heavy atom. The number of carbonyl (C=O) groups excluding carboxylic acids is 1. The number of aryl methyl sites for hydroxylation is 1. The monoisotopic (exact) mass is 456 g/mol. The maximum Gasteiger partial charge on any atom is 0.416 e. The van der Waals surface area contributed by atoms with Crippen LogP contribution in [0.25, 0.3) is 11.2 Å². The van der Waals surface area contributed by atoms with Crippen LogP contribution >= 0.6 is 0 Å². The Labute approximate surface area is 186 Å². The molecule has 9 nitrogen and oxygen atoms in total. The van der Waals surface area contributed by atoms with E-state index in [1.54, 1.807) is 13.3 Å². The molecular formula is C21H19F3N8O. The van der Waals surface area contributed by atoms with Crippen LogP contribution < -0.4 is 10.6 Å². The van der Waals surface area contributed by atoms with Gasteiger partial charge >= 0.3 is 6.18 Å². The summed E-state index contributed by atoms with van der Waals surface area (Å²) in [4.78, 5) is 33.6. The Hall–Kier alpha value is -4.09. The minimum atomic E-state index is -4.39. The summed E-state index contributed by atoms with van der Waals surface area (Å²) in [6, 6.07) is 4.09. The van der Waals surface area contributed by atoms with Crippen LogP contribution in [0.4, 0.5) is 24.7 Å². The van der Waals surface area contributed by atoms with E-state index in [4.69, 9.17) is 0 Å². The van der Waals surface area contributed by atoms with Gasteiger partial charge in [-0.3, -0.25) is 9.78 Å². The molecular weight excluding hydrogens is 437 g/mol. The number of amides is 1. The number of rotatable bonds is 6. The lowest BCUT2D eigenvalue weighted by atomic mass is 10.2. The number of alkyl halides is 3. The highest BCUT2D eigenvalue weighted by Crippen LogP contribution is 2.30. The van der Waals surface area contributed by atoms with Crippen molar-refractivity contribution in [3.05, 3.63) is 66.3 Å². The van der Waals surface area contributed by atoms with E-state index in [2.05, 4.69) is 35.6 Å². The van der Waals surface area contributed by atoms with Gasteiger partial charge in [0, 0.05) is 12.2 Å². The number of carbonyl (C=O) groups is 1. The van der Waals surface area contributed by atoms with Gasteiger partial charge in [-0.25, -0.2) is 19.9 Å². The quantitative estimate of drug-likeness (QED) is 0.453. The number of benzene rings is 1. The van der Waals surface area contributed by atoms with Gasteiger partial charge in [0.25, 0.3) is 5.91 Å². The molecule has 2 N–H and O–H groups in total. The first-order valence-electron chi connectivity index (χ1n) is 9.99. The first-order chi connectivity index (χ1) is 15.7. The van der Waals surface area contributed by atoms with Gasteiger partial charge in [-0.2, -0.15) is 13.2 Å². The Morgan fingerprint density at radius 3 is 2.45 bits per heavy atom. The van der Waals surface area contributed by atoms with Gasteiger partial charge in [0.05, 0.1) is 42.2 Å². The van der Waals surface area contributed by atoms with Crippen LogP contribution in [0, 0.1) is 0 Å². The summed E-state index contributed by atoms with van der Waals surface area (Å²) in [5, 5.41) is 5.66. The van der Waals surface area contributed by atoms with Crippen molar-refractivity contribution in [3.8, 4) is 0 Å². The molecule has 3 heterocycles. The van der Waals surface area contributed by atoms with Gasteiger partial charge in [0.2, 0.25) is 5.82 Å². The minimum absolute atomic E-state index is 0.0121. The number of nitrogens with one attached hydrogen (secondary N) is 2. The van der Waals surface area contributed by atoms with Gasteiger partial charge in [-0.05, 0) is 38.1 Å². The molecule has 1 amide bonds. The van der Waals surface area contributed by atoms with E-state index >= 15 is 0 Å². The molecule has 0 saturated heterocycles. The predicted octanol–water partition coefficient (Wildman–Crippen LogP) is 3.89. The van der Waals surface area contributed by atoms with Crippen LogP contribution in [0.3, 0.4) is 0 Å². The highest BCUT2D eigenvalue weighted by molar-refractivity contribution is 5.92. The third-order valence-corrected chi connectivity index (χ3v) is 4.85. The molecule has 0 radical (unpaired) electrons. The van der Waals surface area contributed by atoms with E-state index in [-0.39, 0.29) is 5.82 Å². The van der Waals surface area contributed by atoms with E-state index in [9.17, 15) is 18.0 Å². The van der Waals surface area contributed by atoms with Crippen molar-refractivity contribution in [1.29, 1.82) is 0 Å². The summed E-state index contributed by atoms with van der Waals surface area (Å²) in [7, 11) is 0. The van der Waals surface area contributed by atoms with E-state index in [1.807, 2.05) is 11.5 Å². The Balaban J connectivity index is 1.41. The second-order valence-electron chi connectivity index (χ2n) is 7.15. The molecule has 0 spiro atoms. The molecule has 0 fully saturated rings. The van der Waals surface area contributed by atoms with Crippen molar-refractivity contribution >= 4 is 28.6 Å². The summed E-state index contributed by atoms with van der Waals surface area (Å²) in [5.74, 6) is -0.112. The molecule has 33 heavy (non-hydrogen) atoms. The molecule has 0 saturated carbocycles. The van der Waals surface area contributed by atoms with E-state index in [0.717, 1.165) is 12.1 Å². The third-order valence-electron chi connectivity index (χ3n) is 4.85. The fourth-order valence-electron chi connectivity index (χ4n) is 3.05. The second-order valence-corrected chi connectivity index (χ2v) is 7.15. The highest BCUT2D eigenvalue weighted by atomic mass is 19.4. The van der Waals surface area contributed by atoms with Crippen molar-refractivity contribution in [1.82, 2.24) is 34.8 Å². The maximum atomic E-state index is 12.7. The lowest BCUT2D eigenvalue weighted by Crippen LogP contribution is -2.29. The number of fused-ring (bicyclic) bond motifs is 1. The van der Waals surface area contributed by atoms with Crippen molar-refractivity contribution in [2.45, 2.75) is 32.6 Å². The van der Waals surface area contributed by atoms with Crippen LogP contribution in [0.5, 0.6) is 0 Å². The summed E-state index contributed by atoms with van der Waals surface area (Å²) in [6.45, 7) is 4.34. The molecule has 170 valence electrons. The molecule has 0 aliphatic carbocycles. The fraction of sp³-hybridized carbons (Fsp3) is 0.238. The van der Waals surface area contributed by atoms with E-state index in [1.165, 1.54) is 30.7 Å². The SMILES string of the molecule is CCn1cnc2cnc(C(=O)NC(C)c3cnc(Nc4ccc(C(F)(F)F)cc4)cn3)nc21. The fourth-order valence-corrected chi connectivity index (χ4v) is 3.05. The molecule has 1 atom stereocenters. The van der Waals surface area contributed by atoms with Crippen molar-refractivity contribution in [3.63, 3.8) is 0 Å². The molecule has 4 aromatic rings. The number of imidazole rings is 1. The molecule has 3 aromatic heterocycles. The van der Waals surface area contributed by atoms with Gasteiger partial charge in [-0.1, -0.05) is 0 Å². The van der Waals surface area contributed by atoms with Crippen molar-refractivity contribution in [2.24, 2.45) is 0 Å². The molecule has 0 aliphatic rings. The molecule has 4 rings (SSSR count). The summed E-state index contributed by atoms with van der Waals surface area (Å²) in [6.07, 6.45) is 1.63. The number of hydrogen-bond donors (Lipinski definition) is 2. The number of hydrogen-bond acceptors (Lipinski definition) is 7. The third kappa shape index (κ3) is 4.89. The number of nitrogens with zero attached hydrogens (tertiary/aromatic N) is 6. The smallest absolute Gasteiger partial charge is 0.341 e. The lowest BCUT2D eigenvalue weighted by Gasteiger charge is -2.13. The predicted molar refractivity (Wildman–Crippen MR) is 114 cm³/mol. The standard InChI is InChI=1S/C21H19F3N8O/c1-3-32-11-28-16-9-27-18(31-19(16)32)20(33)29-12(2)15-8-26-17(10-25-15)30-14-6-4-13(5-7-14)21(22,23)24/h4-12H,3H2,1-2H3,(H,26,30)(H,29,33). The van der Waals surface area contributed by atoms with Gasteiger partial charge < -0.3 is 15.2 Å². The molecule has 12 heteroatoms. The zero-order valence-corrected chi connectivity index (χ0v) is 17.6. The van der Waals surface area contributed by atoms with Crippen LogP contribution in [-0.2, 0) is 12.7 Å². The van der Waals surface area contributed by atoms with Crippen LogP contribution in [-0.4, -0.2) is 35.4 Å². The zero-order valence-electron chi connectivity index (χ0n) is 17.6. The number of halogens is 3. The topological polar surface area (TPSA) is 111 Å². The van der Waals surface area contributed by atoms with Crippen LogP contribution in [0.2, 0.25) is 0 Å². The average molecular weight is 456 g/mol. The number of aromatic nitrogens is 6. The lowest BCUT2D eigenvalue weighted by molar-refractivity contribution is -0.137. The van der Waals surface area contributed by atoms with Gasteiger partial charge in [0.15, 0.2) is 5.65 Å². The summed E-state index contributed by atoms with van der Waals surface area (Å²) < 4.78 is 39.8. The largest absolute Gasteiger partial charge is 0.416 e. The molecule has 0 aliphatic heterocycles. The first-order valence-corrected chi connectivity index (χ1v) is 9.99. The minimum Gasteiger partial charge on any atom is -0.341 e. The highest BCUT2D eigenvalue weighted by Gasteiger charge is 2.29. The van der Waals surface area contributed by atoms with Crippen LogP contribution in [0.15, 0.2) is 49.2 Å². The zero-order chi connectivity index (χ0) is 23.6. The summed E-state index contributed by atoms with van der Waals surface area (Å²) >= 11 is 0. The van der Waals surface area contributed by atoms with Crippen molar-refractivity contribution < 1.29 is 18.0 Å². The summed E-state index contributed by atoms with van der Waals surface area (Å²) in [5.41, 5.74) is 1.36. The van der Waals surface area contributed by atoms with Crippen LogP contribution in [0.1, 0.15) is 41.8 Å². The first kappa shape index (κ1) is 22.1. The molecule has 1 unspecified atom stereocenters. The van der Waals surface area contributed by atoms with E-state index in [0.29, 0.717) is 34.9 Å². The molecule has 1 aromatic carbocycles. The average Bonchev–Trinajstić information content (AvgIpc) is 3.21. The normalized spacial score (nSPS) is 12.5. The maximum absolute atomic E-state index is 12.7. The second kappa shape index (κ2) is 8.81. The van der Waals surface area contributed by atoms with Crippen molar-refractivity contribution in [2.75, 3.05) is 5.32 Å². The Morgan fingerprint density at radius 1 is 1.06 bits per heavy atom. The molecule has 0 bridgehead atoms.